The SMILES string of the molecule is Cc1cccc(-n2nc(C)c(C(=O)O)c2C)n1. The lowest BCUT2D eigenvalue weighted by Crippen LogP contribution is -2.04. The van der Waals surface area contributed by atoms with Crippen molar-refractivity contribution in [1.29, 1.82) is 0 Å². The molecule has 0 unspecified atom stereocenters. The fourth-order valence-corrected chi connectivity index (χ4v) is 1.82. The van der Waals surface area contributed by atoms with Gasteiger partial charge in [-0.3, -0.25) is 0 Å². The molecule has 0 amide bonds. The number of hydrogen-bond acceptors (Lipinski definition) is 3. The Kier molecular flexibility index (Phi) is 2.67. The molecule has 0 radical (unpaired) electrons. The molecule has 2 aromatic heterocycles. The summed E-state index contributed by atoms with van der Waals surface area (Å²) in [7, 11) is 0. The summed E-state index contributed by atoms with van der Waals surface area (Å²) in [6.07, 6.45) is 0. The first-order valence-electron chi connectivity index (χ1n) is 5.24. The van der Waals surface area contributed by atoms with Gasteiger partial charge in [0.2, 0.25) is 0 Å². The lowest BCUT2D eigenvalue weighted by molar-refractivity contribution is 0.0695. The van der Waals surface area contributed by atoms with Crippen LogP contribution in [0.25, 0.3) is 5.82 Å². The molecule has 0 saturated heterocycles. The van der Waals surface area contributed by atoms with E-state index in [1.54, 1.807) is 24.6 Å². The molecule has 5 nitrogen and oxygen atoms in total. The van der Waals surface area contributed by atoms with Crippen molar-refractivity contribution < 1.29 is 9.90 Å². The van der Waals surface area contributed by atoms with Crippen molar-refractivity contribution in [1.82, 2.24) is 14.8 Å². The van der Waals surface area contributed by atoms with Gasteiger partial charge in [0.25, 0.3) is 0 Å². The van der Waals surface area contributed by atoms with Crippen molar-refractivity contribution in [3.63, 3.8) is 0 Å². The maximum atomic E-state index is 11.1. The summed E-state index contributed by atoms with van der Waals surface area (Å²) < 4.78 is 1.56. The minimum atomic E-state index is -0.959. The second kappa shape index (κ2) is 4.01. The number of rotatable bonds is 2. The van der Waals surface area contributed by atoms with Crippen LogP contribution in [0.1, 0.15) is 27.4 Å². The number of aryl methyl sites for hydroxylation is 2. The Morgan fingerprint density at radius 1 is 1.29 bits per heavy atom. The van der Waals surface area contributed by atoms with Gasteiger partial charge < -0.3 is 5.11 Å². The van der Waals surface area contributed by atoms with Crippen LogP contribution in [0.2, 0.25) is 0 Å². The van der Waals surface area contributed by atoms with E-state index in [9.17, 15) is 4.79 Å². The zero-order valence-electron chi connectivity index (χ0n) is 9.93. The number of nitrogens with zero attached hydrogens (tertiary/aromatic N) is 3. The largest absolute Gasteiger partial charge is 0.478 e. The summed E-state index contributed by atoms with van der Waals surface area (Å²) in [6, 6.07) is 5.56. The summed E-state index contributed by atoms with van der Waals surface area (Å²) >= 11 is 0. The van der Waals surface area contributed by atoms with E-state index in [2.05, 4.69) is 10.1 Å². The molecule has 0 aromatic carbocycles. The highest BCUT2D eigenvalue weighted by Crippen LogP contribution is 2.16. The number of aromatic nitrogens is 3. The number of carbonyl (C=O) groups is 1. The first kappa shape index (κ1) is 11.3. The van der Waals surface area contributed by atoms with Gasteiger partial charge >= 0.3 is 5.97 Å². The van der Waals surface area contributed by atoms with Crippen LogP contribution in [0.5, 0.6) is 0 Å². The molecule has 0 aliphatic heterocycles. The Morgan fingerprint density at radius 2 is 2.00 bits per heavy atom. The van der Waals surface area contributed by atoms with E-state index in [0.717, 1.165) is 5.69 Å². The summed E-state index contributed by atoms with van der Waals surface area (Å²) in [6.45, 7) is 5.30. The molecule has 2 aromatic rings. The summed E-state index contributed by atoms with van der Waals surface area (Å²) in [5, 5.41) is 13.3. The molecule has 17 heavy (non-hydrogen) atoms. The van der Waals surface area contributed by atoms with E-state index in [1.807, 2.05) is 19.1 Å². The second-order valence-electron chi connectivity index (χ2n) is 3.90. The lowest BCUT2D eigenvalue weighted by Gasteiger charge is -2.03. The summed E-state index contributed by atoms with van der Waals surface area (Å²) in [5.74, 6) is -0.322. The Balaban J connectivity index is 2.62. The van der Waals surface area contributed by atoms with Gasteiger partial charge in [0.05, 0.1) is 11.4 Å². The van der Waals surface area contributed by atoms with Gasteiger partial charge in [-0.2, -0.15) is 5.10 Å². The Bertz CT molecular complexity index is 587. The van der Waals surface area contributed by atoms with E-state index >= 15 is 0 Å². The maximum absolute atomic E-state index is 11.1. The zero-order valence-corrected chi connectivity index (χ0v) is 9.93. The lowest BCUT2D eigenvalue weighted by atomic mass is 10.2. The van der Waals surface area contributed by atoms with Crippen molar-refractivity contribution in [3.05, 3.63) is 40.8 Å². The third-order valence-electron chi connectivity index (χ3n) is 2.60. The average molecular weight is 231 g/mol. The summed E-state index contributed by atoms with van der Waals surface area (Å²) in [5.41, 5.74) is 2.20. The van der Waals surface area contributed by atoms with Crippen LogP contribution < -0.4 is 0 Å². The molecule has 1 N–H and O–H groups in total. The van der Waals surface area contributed by atoms with Crippen molar-refractivity contribution >= 4 is 5.97 Å². The van der Waals surface area contributed by atoms with Gasteiger partial charge in [-0.1, -0.05) is 6.07 Å². The molecule has 0 aliphatic rings. The third kappa shape index (κ3) is 1.91. The van der Waals surface area contributed by atoms with Gasteiger partial charge in [-0.05, 0) is 32.9 Å². The average Bonchev–Trinajstić information content (AvgIpc) is 2.54. The molecular formula is C12H13N3O2. The molecule has 0 atom stereocenters. The van der Waals surface area contributed by atoms with Crippen LogP contribution in [0, 0.1) is 20.8 Å². The number of carboxylic acid groups (broad SMARTS) is 1. The number of aromatic carboxylic acids is 1. The number of carboxylic acids is 1. The van der Waals surface area contributed by atoms with Gasteiger partial charge in [-0.15, -0.1) is 0 Å². The fraction of sp³-hybridized carbons (Fsp3) is 0.250. The highest BCUT2D eigenvalue weighted by molar-refractivity contribution is 5.90. The van der Waals surface area contributed by atoms with E-state index in [1.165, 1.54) is 0 Å². The van der Waals surface area contributed by atoms with Crippen molar-refractivity contribution in [2.24, 2.45) is 0 Å². The van der Waals surface area contributed by atoms with Gasteiger partial charge in [0.15, 0.2) is 5.82 Å². The highest BCUT2D eigenvalue weighted by Gasteiger charge is 2.18. The molecule has 0 bridgehead atoms. The quantitative estimate of drug-likeness (QED) is 0.857. The smallest absolute Gasteiger partial charge is 0.339 e. The predicted molar refractivity (Wildman–Crippen MR) is 62.5 cm³/mol. The Hall–Kier alpha value is -2.17. The topological polar surface area (TPSA) is 68.0 Å². The third-order valence-corrected chi connectivity index (χ3v) is 2.60. The Morgan fingerprint density at radius 3 is 2.53 bits per heavy atom. The van der Waals surface area contributed by atoms with Gasteiger partial charge in [0, 0.05) is 5.69 Å². The molecule has 0 fully saturated rings. The van der Waals surface area contributed by atoms with Crippen molar-refractivity contribution in [2.45, 2.75) is 20.8 Å². The fourth-order valence-electron chi connectivity index (χ4n) is 1.82. The molecule has 88 valence electrons. The standard InChI is InChI=1S/C12H13N3O2/c1-7-5-4-6-10(13-7)15-9(3)11(12(16)17)8(2)14-15/h4-6H,1-3H3,(H,16,17). The molecule has 0 saturated carbocycles. The first-order chi connectivity index (χ1) is 8.00. The number of pyridine rings is 1. The highest BCUT2D eigenvalue weighted by atomic mass is 16.4. The molecular weight excluding hydrogens is 218 g/mol. The van der Waals surface area contributed by atoms with Crippen LogP contribution in [0.4, 0.5) is 0 Å². The monoisotopic (exact) mass is 231 g/mol. The van der Waals surface area contributed by atoms with Crippen LogP contribution in [-0.2, 0) is 0 Å². The first-order valence-corrected chi connectivity index (χ1v) is 5.24. The summed E-state index contributed by atoms with van der Waals surface area (Å²) in [4.78, 5) is 15.4. The molecule has 2 heterocycles. The second-order valence-corrected chi connectivity index (χ2v) is 3.90. The van der Waals surface area contributed by atoms with E-state index in [4.69, 9.17) is 5.11 Å². The molecule has 5 heteroatoms. The van der Waals surface area contributed by atoms with Gasteiger partial charge in [-0.25, -0.2) is 14.5 Å². The molecule has 0 spiro atoms. The maximum Gasteiger partial charge on any atom is 0.339 e. The van der Waals surface area contributed by atoms with Crippen molar-refractivity contribution in [2.75, 3.05) is 0 Å². The van der Waals surface area contributed by atoms with Crippen LogP contribution in [-0.4, -0.2) is 25.8 Å². The number of hydrogen-bond donors (Lipinski definition) is 1. The predicted octanol–water partition coefficient (Wildman–Crippen LogP) is 1.89. The van der Waals surface area contributed by atoms with Crippen molar-refractivity contribution in [3.8, 4) is 5.82 Å². The van der Waals surface area contributed by atoms with Crippen LogP contribution in [0.3, 0.4) is 0 Å². The van der Waals surface area contributed by atoms with E-state index in [-0.39, 0.29) is 5.56 Å². The van der Waals surface area contributed by atoms with E-state index < -0.39 is 5.97 Å². The Labute approximate surface area is 98.7 Å². The molecule has 0 aliphatic carbocycles. The zero-order chi connectivity index (χ0) is 12.6. The van der Waals surface area contributed by atoms with E-state index in [0.29, 0.717) is 17.2 Å². The van der Waals surface area contributed by atoms with Crippen LogP contribution >= 0.6 is 0 Å². The van der Waals surface area contributed by atoms with Crippen LogP contribution in [0.15, 0.2) is 18.2 Å². The van der Waals surface area contributed by atoms with Gasteiger partial charge in [0.1, 0.15) is 5.56 Å². The molecule has 2 rings (SSSR count). The minimum Gasteiger partial charge on any atom is -0.478 e. The minimum absolute atomic E-state index is 0.244. The normalized spacial score (nSPS) is 10.5.